The number of rotatable bonds is 4. The lowest BCUT2D eigenvalue weighted by atomic mass is 9.92. The lowest BCUT2D eigenvalue weighted by Crippen LogP contribution is -2.22. The second kappa shape index (κ2) is 6.49. The highest BCUT2D eigenvalue weighted by Crippen LogP contribution is 2.27. The molecule has 1 aliphatic rings. The fraction of sp³-hybridized carbons (Fsp3) is 0.625. The Bertz CT molecular complexity index is 404. The van der Waals surface area contributed by atoms with Crippen molar-refractivity contribution in [3.05, 3.63) is 34.6 Å². The molecule has 0 aromatic heterocycles. The number of hydrogen-bond donors (Lipinski definition) is 1. The number of nitrogens with two attached hydrogens (primary N) is 1. The molecular formula is C16H24FNO. The highest BCUT2D eigenvalue weighted by molar-refractivity contribution is 5.36. The maximum atomic E-state index is 13.3. The molecule has 2 unspecified atom stereocenters. The molecule has 3 heteroatoms. The average molecular weight is 265 g/mol. The summed E-state index contributed by atoms with van der Waals surface area (Å²) >= 11 is 0. The third-order valence-corrected chi connectivity index (χ3v) is 4.00. The van der Waals surface area contributed by atoms with Gasteiger partial charge in [-0.15, -0.1) is 0 Å². The summed E-state index contributed by atoms with van der Waals surface area (Å²) in [5.41, 5.74) is 9.29. The van der Waals surface area contributed by atoms with E-state index in [9.17, 15) is 4.39 Å². The van der Waals surface area contributed by atoms with Crippen LogP contribution in [-0.4, -0.2) is 12.7 Å². The first-order valence-electron chi connectivity index (χ1n) is 7.21. The maximum Gasteiger partial charge on any atom is 0.123 e. The molecule has 0 spiro atoms. The zero-order valence-electron chi connectivity index (χ0n) is 11.9. The quantitative estimate of drug-likeness (QED) is 0.899. The first-order chi connectivity index (χ1) is 9.08. The van der Waals surface area contributed by atoms with Crippen LogP contribution in [0.25, 0.3) is 0 Å². The van der Waals surface area contributed by atoms with Gasteiger partial charge >= 0.3 is 0 Å². The van der Waals surface area contributed by atoms with E-state index < -0.39 is 0 Å². The molecule has 2 rings (SSSR count). The summed E-state index contributed by atoms with van der Waals surface area (Å²) in [5.74, 6) is -0.179. The molecule has 2 nitrogen and oxygen atoms in total. The summed E-state index contributed by atoms with van der Waals surface area (Å²) in [5, 5.41) is 0. The third kappa shape index (κ3) is 3.77. The normalized spacial score (nSPS) is 21.4. The van der Waals surface area contributed by atoms with Crippen molar-refractivity contribution in [3.8, 4) is 0 Å². The van der Waals surface area contributed by atoms with Crippen LogP contribution in [-0.2, 0) is 4.74 Å². The van der Waals surface area contributed by atoms with Crippen LogP contribution in [0.4, 0.5) is 4.39 Å². The molecular weight excluding hydrogens is 241 g/mol. The van der Waals surface area contributed by atoms with Crippen LogP contribution in [0, 0.1) is 19.7 Å². The molecule has 1 fully saturated rings. The van der Waals surface area contributed by atoms with Crippen molar-refractivity contribution in [2.24, 2.45) is 5.73 Å². The Morgan fingerprint density at radius 1 is 1.32 bits per heavy atom. The highest BCUT2D eigenvalue weighted by atomic mass is 19.1. The van der Waals surface area contributed by atoms with Crippen LogP contribution in [0.3, 0.4) is 0 Å². The molecule has 1 saturated heterocycles. The average Bonchev–Trinajstić information content (AvgIpc) is 2.36. The Balaban J connectivity index is 1.97. The van der Waals surface area contributed by atoms with Crippen LogP contribution in [0.2, 0.25) is 0 Å². The predicted octanol–water partition coefficient (Wildman–Crippen LogP) is 3.79. The Hall–Kier alpha value is -0.930. The highest BCUT2D eigenvalue weighted by Gasteiger charge is 2.18. The number of aryl methyl sites for hydroxylation is 2. The Morgan fingerprint density at radius 3 is 2.58 bits per heavy atom. The van der Waals surface area contributed by atoms with Gasteiger partial charge in [-0.05, 0) is 74.8 Å². The molecule has 1 aromatic rings. The molecule has 0 amide bonds. The minimum absolute atomic E-state index is 0.0221. The summed E-state index contributed by atoms with van der Waals surface area (Å²) in [6.45, 7) is 4.75. The van der Waals surface area contributed by atoms with Crippen LogP contribution >= 0.6 is 0 Å². The first kappa shape index (κ1) is 14.5. The fourth-order valence-electron chi connectivity index (χ4n) is 3.05. The number of halogens is 1. The van der Waals surface area contributed by atoms with E-state index in [0.717, 1.165) is 42.6 Å². The zero-order valence-corrected chi connectivity index (χ0v) is 11.9. The standard InChI is InChI=1S/C16H24FNO/c1-11-9-13(17)10-12(2)16(11)15(18)7-6-14-5-3-4-8-19-14/h9-10,14-15H,3-8,18H2,1-2H3. The van der Waals surface area contributed by atoms with Crippen molar-refractivity contribution < 1.29 is 9.13 Å². The van der Waals surface area contributed by atoms with E-state index in [-0.39, 0.29) is 11.9 Å². The van der Waals surface area contributed by atoms with Gasteiger partial charge in [0.15, 0.2) is 0 Å². The van der Waals surface area contributed by atoms with Crippen molar-refractivity contribution >= 4 is 0 Å². The predicted molar refractivity (Wildman–Crippen MR) is 75.6 cm³/mol. The van der Waals surface area contributed by atoms with Crippen LogP contribution < -0.4 is 5.73 Å². The van der Waals surface area contributed by atoms with Gasteiger partial charge in [-0.2, -0.15) is 0 Å². The Labute approximate surface area is 115 Å². The fourth-order valence-corrected chi connectivity index (χ4v) is 3.05. The lowest BCUT2D eigenvalue weighted by Gasteiger charge is -2.25. The monoisotopic (exact) mass is 265 g/mol. The van der Waals surface area contributed by atoms with Crippen molar-refractivity contribution in [2.75, 3.05) is 6.61 Å². The minimum Gasteiger partial charge on any atom is -0.378 e. The van der Waals surface area contributed by atoms with E-state index in [1.54, 1.807) is 12.1 Å². The molecule has 1 aromatic carbocycles. The second-order valence-corrected chi connectivity index (χ2v) is 5.63. The molecule has 0 bridgehead atoms. The van der Waals surface area contributed by atoms with E-state index in [4.69, 9.17) is 10.5 Å². The van der Waals surface area contributed by atoms with E-state index in [0.29, 0.717) is 6.10 Å². The van der Waals surface area contributed by atoms with Crippen LogP contribution in [0.15, 0.2) is 12.1 Å². The van der Waals surface area contributed by atoms with Gasteiger partial charge in [0.1, 0.15) is 5.82 Å². The second-order valence-electron chi connectivity index (χ2n) is 5.63. The van der Waals surface area contributed by atoms with E-state index >= 15 is 0 Å². The molecule has 1 aliphatic heterocycles. The zero-order chi connectivity index (χ0) is 13.8. The molecule has 2 N–H and O–H groups in total. The molecule has 106 valence electrons. The maximum absolute atomic E-state index is 13.3. The van der Waals surface area contributed by atoms with Gasteiger partial charge in [-0.1, -0.05) is 0 Å². The van der Waals surface area contributed by atoms with Crippen LogP contribution in [0.1, 0.15) is 54.8 Å². The Kier molecular flexibility index (Phi) is 4.94. The SMILES string of the molecule is Cc1cc(F)cc(C)c1C(N)CCC1CCCCO1. The molecule has 0 aliphatic carbocycles. The van der Waals surface area contributed by atoms with E-state index in [1.165, 1.54) is 12.8 Å². The van der Waals surface area contributed by atoms with E-state index in [1.807, 2.05) is 13.8 Å². The molecule has 1 heterocycles. The van der Waals surface area contributed by atoms with Crippen molar-refractivity contribution in [3.63, 3.8) is 0 Å². The third-order valence-electron chi connectivity index (χ3n) is 4.00. The molecule has 2 atom stereocenters. The largest absolute Gasteiger partial charge is 0.378 e. The molecule has 0 saturated carbocycles. The van der Waals surface area contributed by atoms with Gasteiger partial charge in [0.25, 0.3) is 0 Å². The number of ether oxygens (including phenoxy) is 1. The summed E-state index contributed by atoms with van der Waals surface area (Å²) in [6.07, 6.45) is 5.84. The summed E-state index contributed by atoms with van der Waals surface area (Å²) in [4.78, 5) is 0. The van der Waals surface area contributed by atoms with Gasteiger partial charge in [0.05, 0.1) is 6.10 Å². The van der Waals surface area contributed by atoms with Gasteiger partial charge in [-0.3, -0.25) is 0 Å². The van der Waals surface area contributed by atoms with Gasteiger partial charge in [0.2, 0.25) is 0 Å². The van der Waals surface area contributed by atoms with Crippen molar-refractivity contribution in [2.45, 2.75) is 58.1 Å². The van der Waals surface area contributed by atoms with E-state index in [2.05, 4.69) is 0 Å². The lowest BCUT2D eigenvalue weighted by molar-refractivity contribution is 0.00910. The topological polar surface area (TPSA) is 35.2 Å². The first-order valence-corrected chi connectivity index (χ1v) is 7.21. The summed E-state index contributed by atoms with van der Waals surface area (Å²) in [7, 11) is 0. The summed E-state index contributed by atoms with van der Waals surface area (Å²) in [6, 6.07) is 3.12. The Morgan fingerprint density at radius 2 is 2.00 bits per heavy atom. The van der Waals surface area contributed by atoms with Gasteiger partial charge in [-0.25, -0.2) is 4.39 Å². The minimum atomic E-state index is -0.179. The van der Waals surface area contributed by atoms with Crippen LogP contribution in [0.5, 0.6) is 0 Å². The van der Waals surface area contributed by atoms with Gasteiger partial charge in [0, 0.05) is 12.6 Å². The van der Waals surface area contributed by atoms with Gasteiger partial charge < -0.3 is 10.5 Å². The molecule has 0 radical (unpaired) electrons. The number of hydrogen-bond acceptors (Lipinski definition) is 2. The van der Waals surface area contributed by atoms with Crippen molar-refractivity contribution in [1.82, 2.24) is 0 Å². The number of benzene rings is 1. The molecule has 19 heavy (non-hydrogen) atoms. The smallest absolute Gasteiger partial charge is 0.123 e. The van der Waals surface area contributed by atoms with Crippen molar-refractivity contribution in [1.29, 1.82) is 0 Å². The summed E-state index contributed by atoms with van der Waals surface area (Å²) < 4.78 is 19.0.